The lowest BCUT2D eigenvalue weighted by atomic mass is 9.86. The maximum Gasteiger partial charge on any atom is 0.194 e. The average molecular weight is 242 g/mol. The molecular formula is C16H18O2. The van der Waals surface area contributed by atoms with E-state index < -0.39 is 5.60 Å². The van der Waals surface area contributed by atoms with Crippen LogP contribution in [0.2, 0.25) is 0 Å². The number of benzene rings is 2. The van der Waals surface area contributed by atoms with E-state index in [9.17, 15) is 9.90 Å². The van der Waals surface area contributed by atoms with Crippen molar-refractivity contribution >= 4 is 16.6 Å². The summed E-state index contributed by atoms with van der Waals surface area (Å²) in [4.78, 5) is 12.5. The van der Waals surface area contributed by atoms with Crippen LogP contribution in [0.15, 0.2) is 42.5 Å². The first-order valence-corrected chi connectivity index (χ1v) is 6.37. The van der Waals surface area contributed by atoms with Gasteiger partial charge in [-0.25, -0.2) is 0 Å². The molecule has 0 saturated carbocycles. The standard InChI is InChI=1S/C16H18O2/c1-3-16(18,4-2)15(17)14-11-7-9-12-8-5-6-10-13(12)14/h5-11,18H,3-4H2,1-2H3. The number of fused-ring (bicyclic) bond motifs is 1. The molecule has 94 valence electrons. The van der Waals surface area contributed by atoms with Crippen LogP contribution in [0.1, 0.15) is 37.0 Å². The summed E-state index contributed by atoms with van der Waals surface area (Å²) in [7, 11) is 0. The predicted octanol–water partition coefficient (Wildman–Crippen LogP) is 3.57. The maximum atomic E-state index is 12.5. The molecule has 0 saturated heterocycles. The predicted molar refractivity (Wildman–Crippen MR) is 73.8 cm³/mol. The topological polar surface area (TPSA) is 37.3 Å². The zero-order valence-corrected chi connectivity index (χ0v) is 10.8. The highest BCUT2D eigenvalue weighted by Crippen LogP contribution is 2.26. The molecule has 2 rings (SSSR count). The van der Waals surface area contributed by atoms with Gasteiger partial charge in [-0.1, -0.05) is 56.3 Å². The molecule has 2 aromatic rings. The van der Waals surface area contributed by atoms with Crippen molar-refractivity contribution in [3.05, 3.63) is 48.0 Å². The Morgan fingerprint density at radius 3 is 2.33 bits per heavy atom. The molecule has 0 spiro atoms. The van der Waals surface area contributed by atoms with Gasteiger partial charge >= 0.3 is 0 Å². The van der Waals surface area contributed by atoms with Gasteiger partial charge in [0.1, 0.15) is 5.60 Å². The number of rotatable bonds is 4. The minimum atomic E-state index is -1.25. The quantitative estimate of drug-likeness (QED) is 0.832. The van der Waals surface area contributed by atoms with E-state index in [1.807, 2.05) is 50.2 Å². The molecular weight excluding hydrogens is 224 g/mol. The van der Waals surface area contributed by atoms with Crippen molar-refractivity contribution in [3.8, 4) is 0 Å². The highest BCUT2D eigenvalue weighted by Gasteiger charge is 2.33. The van der Waals surface area contributed by atoms with Crippen LogP contribution in [0.3, 0.4) is 0 Å². The van der Waals surface area contributed by atoms with Crippen LogP contribution in [0.4, 0.5) is 0 Å². The fraction of sp³-hybridized carbons (Fsp3) is 0.312. The molecule has 0 atom stereocenters. The van der Waals surface area contributed by atoms with E-state index in [1.54, 1.807) is 6.07 Å². The molecule has 0 aliphatic heterocycles. The molecule has 0 aliphatic rings. The summed E-state index contributed by atoms with van der Waals surface area (Å²) in [5, 5.41) is 12.3. The monoisotopic (exact) mass is 242 g/mol. The van der Waals surface area contributed by atoms with Crippen LogP contribution in [-0.4, -0.2) is 16.5 Å². The molecule has 2 nitrogen and oxygen atoms in total. The fourth-order valence-corrected chi connectivity index (χ4v) is 2.25. The number of hydrogen-bond donors (Lipinski definition) is 1. The first kappa shape index (κ1) is 12.8. The SMILES string of the molecule is CCC(O)(CC)C(=O)c1cccc2ccccc12. The van der Waals surface area contributed by atoms with Crippen LogP contribution in [0.5, 0.6) is 0 Å². The number of ketones is 1. The van der Waals surface area contributed by atoms with E-state index in [0.29, 0.717) is 18.4 Å². The summed E-state index contributed by atoms with van der Waals surface area (Å²) >= 11 is 0. The summed E-state index contributed by atoms with van der Waals surface area (Å²) in [5.74, 6) is -0.177. The molecule has 0 fully saturated rings. The van der Waals surface area contributed by atoms with Crippen molar-refractivity contribution in [1.82, 2.24) is 0 Å². The van der Waals surface area contributed by atoms with E-state index in [-0.39, 0.29) is 5.78 Å². The van der Waals surface area contributed by atoms with Crippen molar-refractivity contribution in [3.63, 3.8) is 0 Å². The third kappa shape index (κ3) is 2.04. The van der Waals surface area contributed by atoms with Crippen LogP contribution >= 0.6 is 0 Å². The molecule has 0 amide bonds. The summed E-state index contributed by atoms with van der Waals surface area (Å²) in [6.07, 6.45) is 0.872. The molecule has 0 aromatic heterocycles. The summed E-state index contributed by atoms with van der Waals surface area (Å²) in [6, 6.07) is 13.4. The largest absolute Gasteiger partial charge is 0.382 e. The molecule has 0 aliphatic carbocycles. The molecule has 2 aromatic carbocycles. The Labute approximate surface area is 107 Å². The van der Waals surface area contributed by atoms with Gasteiger partial charge in [-0.15, -0.1) is 0 Å². The van der Waals surface area contributed by atoms with Crippen molar-refractivity contribution in [2.24, 2.45) is 0 Å². The molecule has 2 heteroatoms. The number of carbonyl (C=O) groups is 1. The van der Waals surface area contributed by atoms with Gasteiger partial charge in [-0.05, 0) is 23.6 Å². The Balaban J connectivity index is 2.58. The van der Waals surface area contributed by atoms with Gasteiger partial charge in [0, 0.05) is 5.56 Å². The Morgan fingerprint density at radius 2 is 1.67 bits per heavy atom. The third-order valence-electron chi connectivity index (χ3n) is 3.63. The number of hydrogen-bond acceptors (Lipinski definition) is 2. The second kappa shape index (κ2) is 4.91. The van der Waals surface area contributed by atoms with Gasteiger partial charge in [0.2, 0.25) is 0 Å². The third-order valence-corrected chi connectivity index (χ3v) is 3.63. The first-order valence-electron chi connectivity index (χ1n) is 6.37. The number of carbonyl (C=O) groups excluding carboxylic acids is 1. The lowest BCUT2D eigenvalue weighted by molar-refractivity contribution is 0.0279. The van der Waals surface area contributed by atoms with Crippen LogP contribution in [-0.2, 0) is 0 Å². The van der Waals surface area contributed by atoms with Gasteiger partial charge < -0.3 is 5.11 Å². The lowest BCUT2D eigenvalue weighted by Gasteiger charge is -2.24. The van der Waals surface area contributed by atoms with Crippen molar-refractivity contribution < 1.29 is 9.90 Å². The highest BCUT2D eigenvalue weighted by molar-refractivity contribution is 6.11. The molecule has 1 N–H and O–H groups in total. The second-order valence-electron chi connectivity index (χ2n) is 4.59. The minimum absolute atomic E-state index is 0.177. The number of Topliss-reactive ketones (excluding diaryl/α,β-unsaturated/α-hetero) is 1. The minimum Gasteiger partial charge on any atom is -0.382 e. The molecule has 0 heterocycles. The highest BCUT2D eigenvalue weighted by atomic mass is 16.3. The smallest absolute Gasteiger partial charge is 0.194 e. The van der Waals surface area contributed by atoms with E-state index in [0.717, 1.165) is 10.8 Å². The summed E-state index contributed by atoms with van der Waals surface area (Å²) in [6.45, 7) is 3.68. The Bertz CT molecular complexity index is 563. The summed E-state index contributed by atoms with van der Waals surface area (Å²) in [5.41, 5.74) is -0.635. The van der Waals surface area contributed by atoms with Gasteiger partial charge in [-0.2, -0.15) is 0 Å². The van der Waals surface area contributed by atoms with Gasteiger partial charge in [0.25, 0.3) is 0 Å². The van der Waals surface area contributed by atoms with Gasteiger partial charge in [-0.3, -0.25) is 4.79 Å². The molecule has 0 bridgehead atoms. The Morgan fingerprint density at radius 1 is 1.06 bits per heavy atom. The van der Waals surface area contributed by atoms with Gasteiger partial charge in [0.15, 0.2) is 5.78 Å². The number of aliphatic hydroxyl groups is 1. The fourth-order valence-electron chi connectivity index (χ4n) is 2.25. The van der Waals surface area contributed by atoms with E-state index in [4.69, 9.17) is 0 Å². The van der Waals surface area contributed by atoms with E-state index >= 15 is 0 Å². The zero-order chi connectivity index (χ0) is 13.2. The Kier molecular flexibility index (Phi) is 3.48. The molecule has 18 heavy (non-hydrogen) atoms. The maximum absolute atomic E-state index is 12.5. The van der Waals surface area contributed by atoms with E-state index in [2.05, 4.69) is 0 Å². The Hall–Kier alpha value is -1.67. The van der Waals surface area contributed by atoms with Crippen LogP contribution < -0.4 is 0 Å². The second-order valence-corrected chi connectivity index (χ2v) is 4.59. The zero-order valence-electron chi connectivity index (χ0n) is 10.8. The van der Waals surface area contributed by atoms with Crippen molar-refractivity contribution in [2.75, 3.05) is 0 Å². The van der Waals surface area contributed by atoms with E-state index in [1.165, 1.54) is 0 Å². The first-order chi connectivity index (χ1) is 8.62. The van der Waals surface area contributed by atoms with Crippen LogP contribution in [0.25, 0.3) is 10.8 Å². The normalized spacial score (nSPS) is 11.7. The summed E-state index contributed by atoms with van der Waals surface area (Å²) < 4.78 is 0. The van der Waals surface area contributed by atoms with Crippen molar-refractivity contribution in [2.45, 2.75) is 32.3 Å². The van der Waals surface area contributed by atoms with Crippen molar-refractivity contribution in [1.29, 1.82) is 0 Å². The lowest BCUT2D eigenvalue weighted by Crippen LogP contribution is -2.37. The van der Waals surface area contributed by atoms with Crippen LogP contribution in [0, 0.1) is 0 Å². The molecule has 0 unspecified atom stereocenters. The van der Waals surface area contributed by atoms with Gasteiger partial charge in [0.05, 0.1) is 0 Å². The average Bonchev–Trinajstić information content (AvgIpc) is 2.45. The molecule has 0 radical (unpaired) electrons.